The predicted molar refractivity (Wildman–Crippen MR) is 74.6 cm³/mol. The van der Waals surface area contributed by atoms with Crippen LogP contribution in [0, 0.1) is 5.82 Å². The first-order valence-corrected chi connectivity index (χ1v) is 6.05. The van der Waals surface area contributed by atoms with Crippen LogP contribution in [-0.2, 0) is 6.54 Å². The lowest BCUT2D eigenvalue weighted by atomic mass is 10.2. The molecule has 0 heterocycles. The van der Waals surface area contributed by atoms with Crippen molar-refractivity contribution in [2.24, 2.45) is 0 Å². The highest BCUT2D eigenvalue weighted by Crippen LogP contribution is 2.25. The van der Waals surface area contributed by atoms with Crippen LogP contribution in [0.15, 0.2) is 36.4 Å². The van der Waals surface area contributed by atoms with E-state index in [0.29, 0.717) is 27.0 Å². The Kier molecular flexibility index (Phi) is 3.94. The summed E-state index contributed by atoms with van der Waals surface area (Å²) in [6.45, 7) is 0.261. The number of anilines is 2. The quantitative estimate of drug-likeness (QED) is 0.824. The first-order valence-electron chi connectivity index (χ1n) is 5.29. The number of nitrogens with one attached hydrogen (secondary N) is 1. The summed E-state index contributed by atoms with van der Waals surface area (Å²) < 4.78 is 13.5. The summed E-state index contributed by atoms with van der Waals surface area (Å²) >= 11 is 11.7. The van der Waals surface area contributed by atoms with Crippen LogP contribution in [0.25, 0.3) is 0 Å². The van der Waals surface area contributed by atoms with E-state index in [9.17, 15) is 4.39 Å². The van der Waals surface area contributed by atoms with E-state index in [1.807, 2.05) is 0 Å². The number of nitrogen functional groups attached to an aromatic ring is 1. The molecule has 2 aromatic carbocycles. The number of hydrogen-bond acceptors (Lipinski definition) is 2. The van der Waals surface area contributed by atoms with Crippen LogP contribution in [0.1, 0.15) is 5.56 Å². The molecule has 2 aromatic rings. The molecular formula is C13H11Cl2FN2. The maximum atomic E-state index is 13.5. The average molecular weight is 285 g/mol. The summed E-state index contributed by atoms with van der Waals surface area (Å²) in [6, 6.07) is 9.67. The summed E-state index contributed by atoms with van der Waals surface area (Å²) in [5.41, 5.74) is 7.40. The van der Waals surface area contributed by atoms with Gasteiger partial charge in [0.2, 0.25) is 0 Å². The molecule has 0 aliphatic rings. The zero-order valence-electron chi connectivity index (χ0n) is 9.38. The number of hydrogen-bond donors (Lipinski definition) is 2. The first kappa shape index (κ1) is 13.0. The largest absolute Gasteiger partial charge is 0.397 e. The molecule has 0 amide bonds. The van der Waals surface area contributed by atoms with Gasteiger partial charge in [0.15, 0.2) is 0 Å². The van der Waals surface area contributed by atoms with E-state index in [4.69, 9.17) is 28.9 Å². The van der Waals surface area contributed by atoms with Gasteiger partial charge in [-0.1, -0.05) is 29.3 Å². The van der Waals surface area contributed by atoms with Gasteiger partial charge in [-0.15, -0.1) is 0 Å². The van der Waals surface area contributed by atoms with E-state index >= 15 is 0 Å². The lowest BCUT2D eigenvalue weighted by molar-refractivity contribution is 0.613. The summed E-state index contributed by atoms with van der Waals surface area (Å²) in [6.07, 6.45) is 0. The van der Waals surface area contributed by atoms with Crippen molar-refractivity contribution in [3.8, 4) is 0 Å². The Morgan fingerprint density at radius 2 is 1.94 bits per heavy atom. The van der Waals surface area contributed by atoms with Gasteiger partial charge in [-0.3, -0.25) is 0 Å². The monoisotopic (exact) mass is 284 g/mol. The Morgan fingerprint density at radius 3 is 2.61 bits per heavy atom. The van der Waals surface area contributed by atoms with Crippen LogP contribution in [0.2, 0.25) is 10.0 Å². The van der Waals surface area contributed by atoms with Gasteiger partial charge in [0.1, 0.15) is 5.82 Å². The second-order valence-electron chi connectivity index (χ2n) is 3.79. The predicted octanol–water partition coefficient (Wildman–Crippen LogP) is 4.33. The van der Waals surface area contributed by atoms with Gasteiger partial charge >= 0.3 is 0 Å². The minimum Gasteiger partial charge on any atom is -0.397 e. The number of halogens is 3. The van der Waals surface area contributed by atoms with E-state index in [1.54, 1.807) is 30.3 Å². The molecule has 0 saturated heterocycles. The van der Waals surface area contributed by atoms with Crippen LogP contribution in [-0.4, -0.2) is 0 Å². The molecule has 0 aliphatic carbocycles. The van der Waals surface area contributed by atoms with Crippen LogP contribution in [0.5, 0.6) is 0 Å². The Morgan fingerprint density at radius 1 is 1.17 bits per heavy atom. The molecule has 0 spiro atoms. The van der Waals surface area contributed by atoms with Crippen LogP contribution in [0.3, 0.4) is 0 Å². The van der Waals surface area contributed by atoms with Gasteiger partial charge in [0, 0.05) is 22.2 Å². The third kappa shape index (κ3) is 2.86. The summed E-state index contributed by atoms with van der Waals surface area (Å²) in [5, 5.41) is 3.97. The molecule has 0 aromatic heterocycles. The van der Waals surface area contributed by atoms with E-state index < -0.39 is 0 Å². The van der Waals surface area contributed by atoms with E-state index in [-0.39, 0.29) is 12.4 Å². The van der Waals surface area contributed by atoms with Crippen molar-refractivity contribution in [2.45, 2.75) is 6.54 Å². The van der Waals surface area contributed by atoms with E-state index in [0.717, 1.165) is 0 Å². The second kappa shape index (κ2) is 5.46. The smallest absolute Gasteiger partial charge is 0.129 e. The zero-order chi connectivity index (χ0) is 13.1. The zero-order valence-corrected chi connectivity index (χ0v) is 10.9. The normalized spacial score (nSPS) is 10.4. The third-order valence-electron chi connectivity index (χ3n) is 2.53. The Hall–Kier alpha value is -1.45. The topological polar surface area (TPSA) is 38.0 Å². The molecular weight excluding hydrogens is 274 g/mol. The molecule has 0 bridgehead atoms. The lowest BCUT2D eigenvalue weighted by Crippen LogP contribution is -2.04. The molecule has 5 heteroatoms. The van der Waals surface area contributed by atoms with E-state index in [1.165, 1.54) is 6.07 Å². The Balaban J connectivity index is 2.16. The molecule has 0 fully saturated rings. The molecule has 2 rings (SSSR count). The van der Waals surface area contributed by atoms with Crippen molar-refractivity contribution in [3.63, 3.8) is 0 Å². The van der Waals surface area contributed by atoms with Crippen molar-refractivity contribution in [3.05, 3.63) is 57.8 Å². The van der Waals surface area contributed by atoms with Crippen LogP contribution >= 0.6 is 23.2 Å². The Bertz CT molecular complexity index is 553. The molecule has 2 nitrogen and oxygen atoms in total. The van der Waals surface area contributed by atoms with Gasteiger partial charge in [0.05, 0.1) is 11.4 Å². The lowest BCUT2D eigenvalue weighted by Gasteiger charge is -2.11. The van der Waals surface area contributed by atoms with Gasteiger partial charge in [-0.2, -0.15) is 0 Å². The fourth-order valence-corrected chi connectivity index (χ4v) is 1.99. The Labute approximate surface area is 115 Å². The minimum absolute atomic E-state index is 0.261. The third-order valence-corrected chi connectivity index (χ3v) is 3.12. The van der Waals surface area contributed by atoms with Crippen LogP contribution < -0.4 is 11.1 Å². The highest BCUT2D eigenvalue weighted by atomic mass is 35.5. The SMILES string of the molecule is Nc1cc(Cl)ccc1NCc1c(F)cccc1Cl. The van der Waals surface area contributed by atoms with Crippen molar-refractivity contribution >= 4 is 34.6 Å². The van der Waals surface area contributed by atoms with Crippen molar-refractivity contribution in [2.75, 3.05) is 11.1 Å². The number of benzene rings is 2. The van der Waals surface area contributed by atoms with Gasteiger partial charge < -0.3 is 11.1 Å². The van der Waals surface area contributed by atoms with Crippen molar-refractivity contribution in [1.82, 2.24) is 0 Å². The van der Waals surface area contributed by atoms with Crippen LogP contribution in [0.4, 0.5) is 15.8 Å². The number of nitrogens with two attached hydrogens (primary N) is 1. The highest BCUT2D eigenvalue weighted by molar-refractivity contribution is 6.31. The summed E-state index contributed by atoms with van der Waals surface area (Å²) in [5.74, 6) is -0.345. The molecule has 94 valence electrons. The molecule has 0 aliphatic heterocycles. The fraction of sp³-hybridized carbons (Fsp3) is 0.0769. The van der Waals surface area contributed by atoms with Gasteiger partial charge in [0.25, 0.3) is 0 Å². The molecule has 18 heavy (non-hydrogen) atoms. The van der Waals surface area contributed by atoms with Crippen molar-refractivity contribution in [1.29, 1.82) is 0 Å². The number of rotatable bonds is 3. The van der Waals surface area contributed by atoms with Crippen molar-refractivity contribution < 1.29 is 4.39 Å². The second-order valence-corrected chi connectivity index (χ2v) is 4.63. The fourth-order valence-electron chi connectivity index (χ4n) is 1.58. The molecule has 3 N–H and O–H groups in total. The van der Waals surface area contributed by atoms with Gasteiger partial charge in [-0.05, 0) is 30.3 Å². The standard InChI is InChI=1S/C13H11Cl2FN2/c14-8-4-5-13(12(17)6-8)18-7-9-10(15)2-1-3-11(9)16/h1-6,18H,7,17H2. The first-order chi connectivity index (χ1) is 8.58. The summed E-state index contributed by atoms with van der Waals surface area (Å²) in [7, 11) is 0. The highest BCUT2D eigenvalue weighted by Gasteiger charge is 2.07. The van der Waals surface area contributed by atoms with Gasteiger partial charge in [-0.25, -0.2) is 4.39 Å². The summed E-state index contributed by atoms with van der Waals surface area (Å²) in [4.78, 5) is 0. The minimum atomic E-state index is -0.345. The maximum absolute atomic E-state index is 13.5. The molecule has 0 saturated carbocycles. The molecule has 0 unspecified atom stereocenters. The molecule has 0 radical (unpaired) electrons. The molecule has 0 atom stereocenters. The maximum Gasteiger partial charge on any atom is 0.129 e. The van der Waals surface area contributed by atoms with E-state index in [2.05, 4.69) is 5.32 Å². The average Bonchev–Trinajstić information content (AvgIpc) is 2.31.